The monoisotopic (exact) mass is 709 g/mol. The largest absolute Gasteiger partial charge is 0.465 e. The predicted octanol–water partition coefficient (Wildman–Crippen LogP) is 10.6. The van der Waals surface area contributed by atoms with E-state index in [1.165, 1.54) is 37.4 Å². The van der Waals surface area contributed by atoms with Crippen molar-refractivity contribution in [3.8, 4) is 33.5 Å². The molecule has 0 radical (unpaired) electrons. The number of carbonyl (C=O) groups is 1. The molecule has 0 spiro atoms. The Morgan fingerprint density at radius 1 is 0.796 bits per heavy atom. The first-order chi connectivity index (χ1) is 23.3. The summed E-state index contributed by atoms with van der Waals surface area (Å²) >= 11 is 6.58. The summed E-state index contributed by atoms with van der Waals surface area (Å²) < 4.78 is 106. The zero-order chi connectivity index (χ0) is 35.2. The van der Waals surface area contributed by atoms with Gasteiger partial charge in [-0.15, -0.1) is 0 Å². The van der Waals surface area contributed by atoms with Crippen LogP contribution in [0.3, 0.4) is 0 Å². The van der Waals surface area contributed by atoms with Crippen LogP contribution in [0.15, 0.2) is 108 Å². The number of hydrogen-bond donors (Lipinski definition) is 0. The Kier molecular flexibility index (Phi) is 9.08. The van der Waals surface area contributed by atoms with Crippen LogP contribution in [-0.4, -0.2) is 25.5 Å². The molecule has 250 valence electrons. The number of hydrogen-bond acceptors (Lipinski definition) is 4. The molecule has 5 aromatic carbocycles. The van der Waals surface area contributed by atoms with Gasteiger partial charge in [0, 0.05) is 38.2 Å². The average molecular weight is 710 g/mol. The molecule has 0 atom stereocenters. The third-order valence-electron chi connectivity index (χ3n) is 8.18. The number of rotatable bonds is 8. The second-order valence-electron chi connectivity index (χ2n) is 11.1. The fourth-order valence-electron chi connectivity index (χ4n) is 5.93. The van der Waals surface area contributed by atoms with Crippen LogP contribution in [0.25, 0.3) is 44.4 Å². The standard InChI is InChI=1S/C37H25ClF5NO4S/c1-20-5-3-8-28(36(42)43)32(20)33-29-19-25(39)12-16-31(29)44(49(46,47)26-13-9-21(10-14-26)35(40)41)34(33)23-7-4-6-22(17-23)27-15-11-24(18-30(27)38)37(45)48-2/h3-19,35-36H,1-2H3. The molecule has 12 heteroatoms. The quantitative estimate of drug-likeness (QED) is 0.117. The molecule has 0 aliphatic carbocycles. The van der Waals surface area contributed by atoms with Crippen LogP contribution >= 0.6 is 11.6 Å². The van der Waals surface area contributed by atoms with Gasteiger partial charge in [-0.1, -0.05) is 66.2 Å². The lowest BCUT2D eigenvalue weighted by Crippen LogP contribution is -2.14. The minimum Gasteiger partial charge on any atom is -0.465 e. The first-order valence-corrected chi connectivity index (χ1v) is 16.5. The zero-order valence-corrected chi connectivity index (χ0v) is 27.3. The van der Waals surface area contributed by atoms with E-state index >= 15 is 0 Å². The Bertz CT molecular complexity index is 2360. The van der Waals surface area contributed by atoms with Gasteiger partial charge in [0.1, 0.15) is 5.82 Å². The second-order valence-corrected chi connectivity index (χ2v) is 13.3. The molecule has 0 saturated heterocycles. The molecule has 1 aromatic heterocycles. The number of nitrogens with zero attached hydrogens (tertiary/aromatic N) is 1. The van der Waals surface area contributed by atoms with Crippen LogP contribution in [0.5, 0.6) is 0 Å². The predicted molar refractivity (Wildman–Crippen MR) is 178 cm³/mol. The van der Waals surface area contributed by atoms with Crippen LogP contribution in [0.1, 0.15) is 39.9 Å². The van der Waals surface area contributed by atoms with Gasteiger partial charge in [-0.3, -0.25) is 0 Å². The Morgan fingerprint density at radius 3 is 2.14 bits per heavy atom. The van der Waals surface area contributed by atoms with Crippen molar-refractivity contribution in [3.05, 3.63) is 136 Å². The maximum Gasteiger partial charge on any atom is 0.337 e. The molecule has 1 heterocycles. The number of aromatic nitrogens is 1. The highest BCUT2D eigenvalue weighted by molar-refractivity contribution is 7.90. The van der Waals surface area contributed by atoms with Gasteiger partial charge in [-0.05, 0) is 72.1 Å². The Hall–Kier alpha value is -5.00. The molecule has 0 bridgehead atoms. The summed E-state index contributed by atoms with van der Waals surface area (Å²) in [6.07, 6.45) is -5.83. The van der Waals surface area contributed by atoms with E-state index in [2.05, 4.69) is 0 Å². The summed E-state index contributed by atoms with van der Waals surface area (Å²) in [5.74, 6) is -1.35. The number of carbonyl (C=O) groups excluding carboxylic acids is 1. The molecule has 0 saturated carbocycles. The molecule has 0 unspecified atom stereocenters. The van der Waals surface area contributed by atoms with E-state index in [1.54, 1.807) is 43.3 Å². The van der Waals surface area contributed by atoms with E-state index in [0.29, 0.717) is 16.7 Å². The van der Waals surface area contributed by atoms with Gasteiger partial charge in [0.05, 0.1) is 28.8 Å². The highest BCUT2D eigenvalue weighted by Gasteiger charge is 2.32. The highest BCUT2D eigenvalue weighted by atomic mass is 35.5. The summed E-state index contributed by atoms with van der Waals surface area (Å²) in [4.78, 5) is 11.7. The lowest BCUT2D eigenvalue weighted by molar-refractivity contribution is 0.0600. The maximum atomic E-state index is 15.0. The third kappa shape index (κ3) is 6.08. The fourth-order valence-corrected chi connectivity index (χ4v) is 7.77. The van der Waals surface area contributed by atoms with E-state index in [0.717, 1.165) is 40.4 Å². The molecule has 0 fully saturated rings. The molecule has 0 N–H and O–H groups in total. The molecule has 0 aliphatic rings. The Morgan fingerprint density at radius 2 is 1.49 bits per heavy atom. The second kappa shape index (κ2) is 13.1. The minimum atomic E-state index is -4.65. The number of aryl methyl sites for hydroxylation is 1. The Labute approximate surface area is 283 Å². The van der Waals surface area contributed by atoms with Gasteiger partial charge in [0.15, 0.2) is 0 Å². The number of alkyl halides is 4. The molecular formula is C37H25ClF5NO4S. The van der Waals surface area contributed by atoms with Gasteiger partial charge in [-0.2, -0.15) is 0 Å². The third-order valence-corrected chi connectivity index (χ3v) is 10.2. The SMILES string of the molecule is COC(=O)c1ccc(-c2cccc(-c3c(-c4c(C)cccc4C(F)F)c4cc(F)ccc4n3S(=O)(=O)c3ccc(C(F)F)cc3)c2)c(Cl)c1. The topological polar surface area (TPSA) is 65.4 Å². The summed E-state index contributed by atoms with van der Waals surface area (Å²) in [6, 6.07) is 22.6. The van der Waals surface area contributed by atoms with E-state index < -0.39 is 45.8 Å². The van der Waals surface area contributed by atoms with Crippen LogP contribution in [0.2, 0.25) is 5.02 Å². The zero-order valence-electron chi connectivity index (χ0n) is 25.7. The van der Waals surface area contributed by atoms with Crippen molar-refractivity contribution in [2.45, 2.75) is 24.7 Å². The van der Waals surface area contributed by atoms with Crippen molar-refractivity contribution in [3.63, 3.8) is 0 Å². The van der Waals surface area contributed by atoms with E-state index in [4.69, 9.17) is 16.3 Å². The van der Waals surface area contributed by atoms with Gasteiger partial charge in [0.25, 0.3) is 22.9 Å². The van der Waals surface area contributed by atoms with E-state index in [-0.39, 0.29) is 48.8 Å². The van der Waals surface area contributed by atoms with Crippen LogP contribution in [-0.2, 0) is 14.8 Å². The Balaban J connectivity index is 1.73. The summed E-state index contributed by atoms with van der Waals surface area (Å²) in [7, 11) is -3.42. The number of esters is 1. The maximum absolute atomic E-state index is 15.0. The van der Waals surface area contributed by atoms with Crippen molar-refractivity contribution in [2.24, 2.45) is 0 Å². The summed E-state index contributed by atoms with van der Waals surface area (Å²) in [6.45, 7) is 1.59. The van der Waals surface area contributed by atoms with E-state index in [9.17, 15) is 35.2 Å². The van der Waals surface area contributed by atoms with Gasteiger partial charge < -0.3 is 4.74 Å². The lowest BCUT2D eigenvalue weighted by Gasteiger charge is -2.18. The van der Waals surface area contributed by atoms with Gasteiger partial charge in [-0.25, -0.2) is 39.1 Å². The summed E-state index contributed by atoms with van der Waals surface area (Å²) in [5.41, 5.74) is 0.872. The molecule has 6 rings (SSSR count). The van der Waals surface area contributed by atoms with Crippen molar-refractivity contribution in [2.75, 3.05) is 7.11 Å². The van der Waals surface area contributed by atoms with Crippen molar-refractivity contribution >= 4 is 38.5 Å². The highest BCUT2D eigenvalue weighted by Crippen LogP contribution is 2.47. The number of halogens is 6. The fraction of sp³-hybridized carbons (Fsp3) is 0.108. The van der Waals surface area contributed by atoms with Crippen molar-refractivity contribution < 1.29 is 39.9 Å². The first-order valence-electron chi connectivity index (χ1n) is 14.7. The van der Waals surface area contributed by atoms with Crippen molar-refractivity contribution in [1.82, 2.24) is 3.97 Å². The van der Waals surface area contributed by atoms with Crippen LogP contribution in [0, 0.1) is 12.7 Å². The average Bonchev–Trinajstić information content (AvgIpc) is 3.42. The number of methoxy groups -OCH3 is 1. The number of fused-ring (bicyclic) bond motifs is 1. The molecule has 5 nitrogen and oxygen atoms in total. The van der Waals surface area contributed by atoms with E-state index in [1.807, 2.05) is 0 Å². The first kappa shape index (κ1) is 33.9. The molecule has 6 aromatic rings. The van der Waals surface area contributed by atoms with Gasteiger partial charge in [0.2, 0.25) is 0 Å². The normalized spacial score (nSPS) is 11.9. The molecule has 49 heavy (non-hydrogen) atoms. The number of benzene rings is 5. The van der Waals surface area contributed by atoms with Crippen LogP contribution in [0.4, 0.5) is 22.0 Å². The number of ether oxygens (including phenoxy) is 1. The van der Waals surface area contributed by atoms with Crippen LogP contribution < -0.4 is 0 Å². The smallest absolute Gasteiger partial charge is 0.337 e. The minimum absolute atomic E-state index is 0.0102. The lowest BCUT2D eigenvalue weighted by atomic mass is 9.90. The molecular weight excluding hydrogens is 685 g/mol. The summed E-state index contributed by atoms with van der Waals surface area (Å²) in [5, 5.41) is 0.207. The van der Waals surface area contributed by atoms with Gasteiger partial charge >= 0.3 is 5.97 Å². The molecule has 0 amide bonds. The van der Waals surface area contributed by atoms with Crippen molar-refractivity contribution in [1.29, 1.82) is 0 Å². The molecule has 0 aliphatic heterocycles.